The van der Waals surface area contributed by atoms with Gasteiger partial charge in [0.05, 0.1) is 4.92 Å². The molecule has 0 fully saturated rings. The van der Waals surface area contributed by atoms with Gasteiger partial charge < -0.3 is 5.73 Å². The van der Waals surface area contributed by atoms with Crippen molar-refractivity contribution in [1.29, 1.82) is 0 Å². The van der Waals surface area contributed by atoms with Gasteiger partial charge in [0.2, 0.25) is 0 Å². The van der Waals surface area contributed by atoms with E-state index in [4.69, 9.17) is 5.73 Å². The third-order valence-electron chi connectivity index (χ3n) is 1.68. The number of hydrogen-bond donors (Lipinski definition) is 2. The number of anilines is 1. The molecule has 0 radical (unpaired) electrons. The summed E-state index contributed by atoms with van der Waals surface area (Å²) in [6.45, 7) is 0. The van der Waals surface area contributed by atoms with Crippen molar-refractivity contribution in [2.75, 3.05) is 11.5 Å². The smallest absolute Gasteiger partial charge is 0.285 e. The number of nitro groups is 1. The number of nitrogens with zero attached hydrogens (tertiary/aromatic N) is 1. The zero-order valence-corrected chi connectivity index (χ0v) is 8.83. The Hall–Kier alpha value is -1.67. The Morgan fingerprint density at radius 2 is 2.27 bits per heavy atom. The Morgan fingerprint density at radius 1 is 1.53 bits per heavy atom. The highest BCUT2D eigenvalue weighted by molar-refractivity contribution is 7.80. The lowest BCUT2D eigenvalue weighted by atomic mass is 10.1. The van der Waals surface area contributed by atoms with Gasteiger partial charge in [-0.2, -0.15) is 12.6 Å². The minimum absolute atomic E-state index is 0.0177. The molecule has 0 atom stereocenters. The van der Waals surface area contributed by atoms with Gasteiger partial charge in [-0.15, -0.1) is 0 Å². The van der Waals surface area contributed by atoms with Crippen molar-refractivity contribution in [3.05, 3.63) is 33.9 Å². The van der Waals surface area contributed by atoms with E-state index in [1.165, 1.54) is 18.2 Å². The van der Waals surface area contributed by atoms with Gasteiger partial charge in [0, 0.05) is 23.9 Å². The highest BCUT2D eigenvalue weighted by Gasteiger charge is 2.11. The molecule has 0 spiro atoms. The molecule has 0 aliphatic heterocycles. The molecular formula is C10H10N2O2S. The van der Waals surface area contributed by atoms with Crippen LogP contribution in [0.3, 0.4) is 0 Å². The fourth-order valence-corrected chi connectivity index (χ4v) is 1.14. The van der Waals surface area contributed by atoms with Gasteiger partial charge in [-0.25, -0.2) is 0 Å². The monoisotopic (exact) mass is 222 g/mol. The molecule has 0 heterocycles. The van der Waals surface area contributed by atoms with E-state index in [9.17, 15) is 10.1 Å². The second-order valence-corrected chi connectivity index (χ2v) is 3.26. The first-order chi connectivity index (χ1) is 7.15. The Bertz CT molecular complexity index is 435. The van der Waals surface area contributed by atoms with Crippen LogP contribution in [-0.2, 0) is 0 Å². The van der Waals surface area contributed by atoms with E-state index >= 15 is 0 Å². The summed E-state index contributed by atoms with van der Waals surface area (Å²) in [5, 5.41) is 10.6. The normalized spacial score (nSPS) is 9.13. The molecule has 0 unspecified atom stereocenters. The maximum Gasteiger partial charge on any atom is 0.285 e. The van der Waals surface area contributed by atoms with Crippen LogP contribution >= 0.6 is 12.6 Å². The number of nitrogen functional groups attached to an aromatic ring is 1. The van der Waals surface area contributed by atoms with Crippen LogP contribution in [0.5, 0.6) is 0 Å². The number of rotatable bonds is 2. The summed E-state index contributed by atoms with van der Waals surface area (Å²) in [4.78, 5) is 10.2. The average Bonchev–Trinajstić information content (AvgIpc) is 2.18. The van der Waals surface area contributed by atoms with E-state index in [-0.39, 0.29) is 5.69 Å². The lowest BCUT2D eigenvalue weighted by molar-refractivity contribution is -0.385. The molecule has 1 rings (SSSR count). The van der Waals surface area contributed by atoms with Crippen LogP contribution in [0.2, 0.25) is 0 Å². The Kier molecular flexibility index (Phi) is 4.01. The van der Waals surface area contributed by atoms with Crippen LogP contribution in [0.15, 0.2) is 18.2 Å². The number of benzene rings is 1. The van der Waals surface area contributed by atoms with Crippen molar-refractivity contribution in [3.8, 4) is 11.8 Å². The third-order valence-corrected chi connectivity index (χ3v) is 1.90. The molecule has 0 saturated heterocycles. The largest absolute Gasteiger partial charge is 0.399 e. The molecule has 0 aliphatic rings. The number of nitrogens with two attached hydrogens (primary N) is 1. The Balaban J connectivity index is 3.09. The third kappa shape index (κ3) is 3.18. The van der Waals surface area contributed by atoms with Gasteiger partial charge in [-0.05, 0) is 12.1 Å². The molecule has 0 saturated carbocycles. The summed E-state index contributed by atoms with van der Waals surface area (Å²) < 4.78 is 0. The molecule has 78 valence electrons. The number of hydrogen-bond acceptors (Lipinski definition) is 4. The van der Waals surface area contributed by atoms with Crippen molar-refractivity contribution < 1.29 is 4.92 Å². The second kappa shape index (κ2) is 5.27. The molecule has 4 nitrogen and oxygen atoms in total. The minimum atomic E-state index is -0.468. The predicted octanol–water partition coefficient (Wildman–Crippen LogP) is 1.85. The summed E-state index contributed by atoms with van der Waals surface area (Å²) in [6.07, 6.45) is 0.592. The van der Waals surface area contributed by atoms with Crippen LogP contribution in [0.25, 0.3) is 0 Å². The van der Waals surface area contributed by atoms with E-state index in [0.29, 0.717) is 23.4 Å². The van der Waals surface area contributed by atoms with E-state index in [2.05, 4.69) is 24.5 Å². The van der Waals surface area contributed by atoms with Gasteiger partial charge >= 0.3 is 0 Å². The quantitative estimate of drug-likeness (QED) is 0.264. The molecule has 2 N–H and O–H groups in total. The predicted molar refractivity (Wildman–Crippen MR) is 62.9 cm³/mol. The molecule has 0 aliphatic carbocycles. The van der Waals surface area contributed by atoms with E-state index in [0.717, 1.165) is 0 Å². The zero-order valence-electron chi connectivity index (χ0n) is 7.93. The van der Waals surface area contributed by atoms with Crippen LogP contribution in [-0.4, -0.2) is 10.7 Å². The summed E-state index contributed by atoms with van der Waals surface area (Å²) >= 11 is 3.99. The maximum atomic E-state index is 10.6. The van der Waals surface area contributed by atoms with Crippen molar-refractivity contribution in [2.24, 2.45) is 0 Å². The molecule has 15 heavy (non-hydrogen) atoms. The number of thiol groups is 1. The SMILES string of the molecule is Nc1ccc([N+](=O)[O-])c(C#CCCS)c1. The molecule has 0 aromatic heterocycles. The topological polar surface area (TPSA) is 69.2 Å². The lowest BCUT2D eigenvalue weighted by Crippen LogP contribution is -1.94. The molecule has 0 bridgehead atoms. The second-order valence-electron chi connectivity index (χ2n) is 2.81. The number of nitro benzene ring substituents is 1. The Labute approximate surface area is 93.0 Å². The fourth-order valence-electron chi connectivity index (χ4n) is 1.03. The van der Waals surface area contributed by atoms with E-state index in [1.807, 2.05) is 0 Å². The summed E-state index contributed by atoms with van der Waals surface area (Å²) in [5.74, 6) is 6.13. The highest BCUT2D eigenvalue weighted by atomic mass is 32.1. The first-order valence-electron chi connectivity index (χ1n) is 4.29. The summed E-state index contributed by atoms with van der Waals surface area (Å²) in [6, 6.07) is 4.35. The van der Waals surface area contributed by atoms with Gasteiger partial charge in [0.25, 0.3) is 5.69 Å². The summed E-state index contributed by atoms with van der Waals surface area (Å²) in [7, 11) is 0. The van der Waals surface area contributed by atoms with Gasteiger partial charge in [0.15, 0.2) is 0 Å². The first-order valence-corrected chi connectivity index (χ1v) is 4.92. The molecule has 1 aromatic rings. The molecule has 5 heteroatoms. The summed E-state index contributed by atoms with van der Waals surface area (Å²) in [5.41, 5.74) is 6.33. The molecule has 0 amide bonds. The standard InChI is InChI=1S/C10H10N2O2S/c11-9-4-5-10(12(13)14)8(7-9)3-1-2-6-15/h4-5,7,15H,2,6,11H2. The molecule has 1 aromatic carbocycles. The maximum absolute atomic E-state index is 10.6. The van der Waals surface area contributed by atoms with Crippen LogP contribution in [0, 0.1) is 22.0 Å². The minimum Gasteiger partial charge on any atom is -0.399 e. The highest BCUT2D eigenvalue weighted by Crippen LogP contribution is 2.19. The van der Waals surface area contributed by atoms with Crippen molar-refractivity contribution in [1.82, 2.24) is 0 Å². The zero-order chi connectivity index (χ0) is 11.3. The Morgan fingerprint density at radius 3 is 2.87 bits per heavy atom. The van der Waals surface area contributed by atoms with Gasteiger partial charge in [-0.3, -0.25) is 10.1 Å². The van der Waals surface area contributed by atoms with Crippen LogP contribution in [0.4, 0.5) is 11.4 Å². The first kappa shape index (κ1) is 11.4. The fraction of sp³-hybridized carbons (Fsp3) is 0.200. The average molecular weight is 222 g/mol. The van der Waals surface area contributed by atoms with Crippen LogP contribution < -0.4 is 5.73 Å². The van der Waals surface area contributed by atoms with Crippen molar-refractivity contribution >= 4 is 24.0 Å². The van der Waals surface area contributed by atoms with Crippen LogP contribution in [0.1, 0.15) is 12.0 Å². The van der Waals surface area contributed by atoms with E-state index in [1.54, 1.807) is 0 Å². The van der Waals surface area contributed by atoms with Gasteiger partial charge in [-0.1, -0.05) is 11.8 Å². The van der Waals surface area contributed by atoms with Crippen molar-refractivity contribution in [2.45, 2.75) is 6.42 Å². The van der Waals surface area contributed by atoms with Crippen molar-refractivity contribution in [3.63, 3.8) is 0 Å². The van der Waals surface area contributed by atoms with E-state index < -0.39 is 4.92 Å². The lowest BCUT2D eigenvalue weighted by Gasteiger charge is -1.96. The molecular weight excluding hydrogens is 212 g/mol. The van der Waals surface area contributed by atoms with Gasteiger partial charge in [0.1, 0.15) is 5.56 Å².